The van der Waals surface area contributed by atoms with Gasteiger partial charge in [0.25, 0.3) is 5.91 Å². The maximum atomic E-state index is 13.2. The van der Waals surface area contributed by atoms with Crippen molar-refractivity contribution >= 4 is 12.0 Å². The van der Waals surface area contributed by atoms with E-state index in [0.29, 0.717) is 6.54 Å². The Morgan fingerprint density at radius 3 is 2.19 bits per heavy atom. The Balaban J connectivity index is 1.75. The molecule has 0 aromatic heterocycles. The van der Waals surface area contributed by atoms with Gasteiger partial charge in [-0.1, -0.05) is 60.7 Å². The Labute approximate surface area is 151 Å². The summed E-state index contributed by atoms with van der Waals surface area (Å²) in [4.78, 5) is 28.4. The van der Waals surface area contributed by atoms with Crippen molar-refractivity contribution in [3.8, 4) is 0 Å². The molecule has 0 bridgehead atoms. The van der Waals surface area contributed by atoms with Crippen molar-refractivity contribution < 1.29 is 19.1 Å². The first kappa shape index (κ1) is 16.6. The minimum Gasteiger partial charge on any atom is -0.395 e. The molecule has 2 heterocycles. The van der Waals surface area contributed by atoms with Gasteiger partial charge < -0.3 is 9.47 Å². The van der Waals surface area contributed by atoms with Gasteiger partial charge in [0.2, 0.25) is 0 Å². The second kappa shape index (κ2) is 6.14. The van der Waals surface area contributed by atoms with Crippen LogP contribution >= 0.6 is 0 Å². The summed E-state index contributed by atoms with van der Waals surface area (Å²) in [7, 11) is 1.64. The van der Waals surface area contributed by atoms with Crippen molar-refractivity contribution in [2.45, 2.75) is 31.5 Å². The Bertz CT molecular complexity index is 826. The first-order chi connectivity index (χ1) is 12.5. The van der Waals surface area contributed by atoms with Crippen LogP contribution in [0.1, 0.15) is 24.2 Å². The monoisotopic (exact) mass is 352 g/mol. The lowest BCUT2D eigenvalue weighted by atomic mass is 10.1. The van der Waals surface area contributed by atoms with Gasteiger partial charge >= 0.3 is 12.0 Å². The predicted molar refractivity (Wildman–Crippen MR) is 93.7 cm³/mol. The van der Waals surface area contributed by atoms with Crippen molar-refractivity contribution in [3.63, 3.8) is 0 Å². The highest BCUT2D eigenvalue weighted by molar-refractivity contribution is 5.86. The van der Waals surface area contributed by atoms with Gasteiger partial charge in [-0.2, -0.15) is 0 Å². The van der Waals surface area contributed by atoms with Crippen LogP contribution in [-0.4, -0.2) is 40.8 Å². The van der Waals surface area contributed by atoms with Crippen molar-refractivity contribution in [1.82, 2.24) is 9.80 Å². The van der Waals surface area contributed by atoms with Crippen LogP contribution in [-0.2, 0) is 20.8 Å². The normalized spacial score (nSPS) is 28.1. The maximum Gasteiger partial charge on any atom is 0.414 e. The van der Waals surface area contributed by atoms with Crippen molar-refractivity contribution in [3.05, 3.63) is 71.8 Å². The summed E-state index contributed by atoms with van der Waals surface area (Å²) in [6, 6.07) is 18.4. The Hall–Kier alpha value is -2.86. The number of ether oxygens (including phenoxy) is 2. The lowest BCUT2D eigenvalue weighted by Crippen LogP contribution is -2.54. The van der Waals surface area contributed by atoms with Crippen LogP contribution in [0.4, 0.5) is 4.79 Å². The quantitative estimate of drug-likeness (QED) is 0.852. The molecule has 26 heavy (non-hydrogen) atoms. The molecule has 2 amide bonds. The predicted octanol–water partition coefficient (Wildman–Crippen LogP) is 2.91. The van der Waals surface area contributed by atoms with Gasteiger partial charge in [-0.3, -0.25) is 14.6 Å². The highest BCUT2D eigenvalue weighted by atomic mass is 16.8. The van der Waals surface area contributed by atoms with Gasteiger partial charge in [-0.25, -0.2) is 4.79 Å². The molecule has 0 unspecified atom stereocenters. The van der Waals surface area contributed by atoms with E-state index in [-0.39, 0.29) is 5.91 Å². The average Bonchev–Trinajstić information content (AvgIpc) is 3.06. The lowest BCUT2D eigenvalue weighted by molar-refractivity contribution is -0.249. The van der Waals surface area contributed by atoms with Crippen LogP contribution in [0.2, 0.25) is 0 Å². The fraction of sp³-hybridized carbons (Fsp3) is 0.300. The molecule has 2 aromatic carbocycles. The summed E-state index contributed by atoms with van der Waals surface area (Å²) in [5.41, 5.74) is 1.68. The molecule has 2 aromatic rings. The largest absolute Gasteiger partial charge is 0.414 e. The van der Waals surface area contributed by atoms with E-state index in [4.69, 9.17) is 9.47 Å². The fourth-order valence-corrected chi connectivity index (χ4v) is 3.46. The van der Waals surface area contributed by atoms with E-state index in [0.717, 1.165) is 11.1 Å². The maximum absolute atomic E-state index is 13.2. The highest BCUT2D eigenvalue weighted by Crippen LogP contribution is 2.45. The standard InChI is InChI=1S/C20H20N2O4/c1-14-20(26-19(24)21(14)2)22(13-15-9-5-3-6-10-15)18(23)17(25-20)16-11-7-4-8-12-16/h3-12,14,17H,13H2,1-2H3/t14-,17+,20+/m0/s1. The van der Waals surface area contributed by atoms with Crippen LogP contribution in [0.25, 0.3) is 0 Å². The zero-order valence-corrected chi connectivity index (χ0v) is 14.7. The molecular weight excluding hydrogens is 332 g/mol. The summed E-state index contributed by atoms with van der Waals surface area (Å²) < 4.78 is 11.7. The number of hydrogen-bond donors (Lipinski definition) is 0. The molecule has 0 N–H and O–H groups in total. The Kier molecular flexibility index (Phi) is 3.92. The molecular formula is C20H20N2O4. The van der Waals surface area contributed by atoms with Crippen LogP contribution in [0, 0.1) is 0 Å². The minimum atomic E-state index is -1.43. The molecule has 2 fully saturated rings. The van der Waals surface area contributed by atoms with E-state index in [9.17, 15) is 9.59 Å². The van der Waals surface area contributed by atoms with Crippen LogP contribution in [0.3, 0.4) is 0 Å². The first-order valence-electron chi connectivity index (χ1n) is 8.57. The van der Waals surface area contributed by atoms with E-state index in [1.807, 2.05) is 67.6 Å². The molecule has 6 heteroatoms. The third-order valence-corrected chi connectivity index (χ3v) is 5.07. The second-order valence-corrected chi connectivity index (χ2v) is 6.60. The average molecular weight is 352 g/mol. The summed E-state index contributed by atoms with van der Waals surface area (Å²) >= 11 is 0. The summed E-state index contributed by atoms with van der Waals surface area (Å²) in [6.45, 7) is 2.12. The van der Waals surface area contributed by atoms with Crippen LogP contribution in [0.15, 0.2) is 60.7 Å². The van der Waals surface area contributed by atoms with Gasteiger partial charge in [0.05, 0.1) is 6.54 Å². The third kappa shape index (κ3) is 2.45. The molecule has 0 saturated carbocycles. The minimum absolute atomic E-state index is 0.213. The van der Waals surface area contributed by atoms with Gasteiger partial charge in [0.15, 0.2) is 6.10 Å². The number of hydrogen-bond acceptors (Lipinski definition) is 4. The Morgan fingerprint density at radius 2 is 1.62 bits per heavy atom. The molecule has 2 saturated heterocycles. The molecule has 2 aliphatic rings. The van der Waals surface area contributed by atoms with Gasteiger partial charge in [0, 0.05) is 7.05 Å². The number of likely N-dealkylation sites (N-methyl/N-ethyl adjacent to an activating group) is 1. The summed E-state index contributed by atoms with van der Waals surface area (Å²) in [6.07, 6.45) is -1.31. The molecule has 2 aliphatic heterocycles. The topological polar surface area (TPSA) is 59.1 Å². The molecule has 0 radical (unpaired) electrons. The van der Waals surface area contributed by atoms with E-state index >= 15 is 0 Å². The van der Waals surface area contributed by atoms with Crippen molar-refractivity contribution in [2.24, 2.45) is 0 Å². The highest BCUT2D eigenvalue weighted by Gasteiger charge is 2.64. The SMILES string of the molecule is C[C@@H]1N(C)C(=O)O[C@]12O[C@H](c1ccccc1)C(=O)N2Cc1ccccc1. The fourth-order valence-electron chi connectivity index (χ4n) is 3.46. The van der Waals surface area contributed by atoms with E-state index in [1.165, 1.54) is 9.80 Å². The summed E-state index contributed by atoms with van der Waals surface area (Å²) in [5, 5.41) is 0. The molecule has 6 nitrogen and oxygen atoms in total. The smallest absolute Gasteiger partial charge is 0.395 e. The lowest BCUT2D eigenvalue weighted by Gasteiger charge is -2.34. The van der Waals surface area contributed by atoms with Gasteiger partial charge in [-0.15, -0.1) is 0 Å². The molecule has 1 spiro atoms. The van der Waals surface area contributed by atoms with Crippen LogP contribution in [0.5, 0.6) is 0 Å². The summed E-state index contributed by atoms with van der Waals surface area (Å²) in [5.74, 6) is -1.64. The number of nitrogens with zero attached hydrogens (tertiary/aromatic N) is 2. The van der Waals surface area contributed by atoms with Gasteiger partial charge in [-0.05, 0) is 18.1 Å². The first-order valence-corrected chi connectivity index (χ1v) is 8.57. The van der Waals surface area contributed by atoms with E-state index in [2.05, 4.69) is 0 Å². The molecule has 134 valence electrons. The Morgan fingerprint density at radius 1 is 1.00 bits per heavy atom. The van der Waals surface area contributed by atoms with Crippen molar-refractivity contribution in [1.29, 1.82) is 0 Å². The molecule has 0 aliphatic carbocycles. The van der Waals surface area contributed by atoms with Crippen molar-refractivity contribution in [2.75, 3.05) is 7.05 Å². The molecule has 4 rings (SSSR count). The van der Waals surface area contributed by atoms with Crippen LogP contribution < -0.4 is 0 Å². The second-order valence-electron chi connectivity index (χ2n) is 6.60. The van der Waals surface area contributed by atoms with E-state index in [1.54, 1.807) is 7.05 Å². The zero-order valence-electron chi connectivity index (χ0n) is 14.7. The number of carbonyl (C=O) groups is 2. The number of carbonyl (C=O) groups excluding carboxylic acids is 2. The molecule has 3 atom stereocenters. The number of amides is 2. The zero-order chi connectivity index (χ0) is 18.3. The third-order valence-electron chi connectivity index (χ3n) is 5.07. The number of rotatable bonds is 3. The van der Waals surface area contributed by atoms with Gasteiger partial charge in [0.1, 0.15) is 6.04 Å². The van der Waals surface area contributed by atoms with E-state index < -0.39 is 24.2 Å². The number of benzene rings is 2.